The van der Waals surface area contributed by atoms with Crippen molar-refractivity contribution in [2.24, 2.45) is 16.8 Å². The van der Waals surface area contributed by atoms with Gasteiger partial charge in [-0.3, -0.25) is 9.59 Å². The minimum atomic E-state index is -1.53. The minimum Gasteiger partial charge on any atom is -0.460 e. The van der Waals surface area contributed by atoms with Gasteiger partial charge in [-0.25, -0.2) is 0 Å². The number of carbonyl (C=O) groups is 2. The molecule has 0 unspecified atom stereocenters. The van der Waals surface area contributed by atoms with Crippen molar-refractivity contribution in [1.82, 2.24) is 4.90 Å². The number of hydrogen-bond acceptors (Lipinski definition) is 7. The van der Waals surface area contributed by atoms with Gasteiger partial charge in [0.25, 0.3) is 0 Å². The molecule has 0 aromatic heterocycles. The zero-order valence-corrected chi connectivity index (χ0v) is 22.5. The number of carbonyl (C=O) groups excluding carboxylic acids is 2. The second-order valence-electron chi connectivity index (χ2n) is 10.6. The van der Waals surface area contributed by atoms with Crippen LogP contribution in [0.25, 0.3) is 10.4 Å². The molecule has 12 heteroatoms. The highest BCUT2D eigenvalue weighted by molar-refractivity contribution is 6.45. The van der Waals surface area contributed by atoms with Gasteiger partial charge in [0, 0.05) is 18.0 Å². The lowest BCUT2D eigenvalue weighted by Gasteiger charge is -2.42. The number of amides is 1. The zero-order valence-electron chi connectivity index (χ0n) is 21.7. The molecule has 0 aliphatic carbocycles. The smallest absolute Gasteiger partial charge is 0.457 e. The maximum atomic E-state index is 13.3. The summed E-state index contributed by atoms with van der Waals surface area (Å²) in [7, 11) is -0.404. The summed E-state index contributed by atoms with van der Waals surface area (Å²) in [5.41, 5.74) is 13.6. The molecule has 2 fully saturated rings. The Morgan fingerprint density at radius 1 is 1.25 bits per heavy atom. The SMILES string of the molecule is C[C@H](N)C(=O)N1C[C@@H](CCB2OC(C)(C)C(C)(C)O2)C[C@@](N=[N+]=[N-])(C(=O)OCc2ccccc2)C1.Cl. The van der Waals surface area contributed by atoms with Crippen LogP contribution in [0.3, 0.4) is 0 Å². The van der Waals surface area contributed by atoms with E-state index in [9.17, 15) is 15.1 Å². The molecular weight excluding hydrogens is 485 g/mol. The van der Waals surface area contributed by atoms with Crippen LogP contribution in [0.15, 0.2) is 35.4 Å². The molecule has 0 radical (unpaired) electrons. The molecule has 2 heterocycles. The number of rotatable bonds is 8. The second kappa shape index (κ2) is 11.8. The molecule has 3 rings (SSSR count). The average molecular weight is 522 g/mol. The predicted octanol–water partition coefficient (Wildman–Crippen LogP) is 3.88. The first-order valence-electron chi connectivity index (χ1n) is 12.1. The molecule has 1 aromatic carbocycles. The van der Waals surface area contributed by atoms with Crippen LogP contribution in [0.5, 0.6) is 0 Å². The Balaban J connectivity index is 0.00000456. The Morgan fingerprint density at radius 3 is 2.42 bits per heavy atom. The summed E-state index contributed by atoms with van der Waals surface area (Å²) in [6.45, 7) is 9.93. The Hall–Kier alpha value is -2.30. The van der Waals surface area contributed by atoms with Crippen LogP contribution in [0.1, 0.15) is 53.0 Å². The molecule has 2 aliphatic heterocycles. The van der Waals surface area contributed by atoms with Crippen molar-refractivity contribution in [3.63, 3.8) is 0 Å². The lowest BCUT2D eigenvalue weighted by molar-refractivity contribution is -0.156. The summed E-state index contributed by atoms with van der Waals surface area (Å²) < 4.78 is 17.8. The Kier molecular flexibility index (Phi) is 9.84. The number of nitrogens with two attached hydrogens (primary N) is 1. The summed E-state index contributed by atoms with van der Waals surface area (Å²) in [5.74, 6) is -1.10. The van der Waals surface area contributed by atoms with Gasteiger partial charge in [-0.2, -0.15) is 0 Å². The Morgan fingerprint density at radius 2 is 1.86 bits per heavy atom. The van der Waals surface area contributed by atoms with Crippen LogP contribution < -0.4 is 5.73 Å². The zero-order chi connectivity index (χ0) is 25.9. The molecule has 1 aromatic rings. The van der Waals surface area contributed by atoms with Gasteiger partial charge in [0.15, 0.2) is 5.54 Å². The topological polar surface area (TPSA) is 140 Å². The van der Waals surface area contributed by atoms with Crippen molar-refractivity contribution in [3.05, 3.63) is 46.3 Å². The average Bonchev–Trinajstić information content (AvgIpc) is 3.02. The summed E-state index contributed by atoms with van der Waals surface area (Å²) >= 11 is 0. The molecule has 1 amide bonds. The number of azide groups is 1. The van der Waals surface area contributed by atoms with Crippen LogP contribution in [0.2, 0.25) is 6.32 Å². The maximum absolute atomic E-state index is 13.3. The minimum absolute atomic E-state index is 0. The number of halogens is 1. The fourth-order valence-electron chi connectivity index (χ4n) is 4.61. The first kappa shape index (κ1) is 29.9. The first-order valence-corrected chi connectivity index (χ1v) is 12.1. The number of piperidine rings is 1. The highest BCUT2D eigenvalue weighted by atomic mass is 35.5. The van der Waals surface area contributed by atoms with Crippen LogP contribution in [-0.2, 0) is 30.2 Å². The van der Waals surface area contributed by atoms with E-state index in [0.29, 0.717) is 19.3 Å². The number of ether oxygens (including phenoxy) is 1. The third kappa shape index (κ3) is 6.72. The molecule has 2 N–H and O–H groups in total. The lowest BCUT2D eigenvalue weighted by Crippen LogP contribution is -2.59. The van der Waals surface area contributed by atoms with Gasteiger partial charge in [0.2, 0.25) is 5.91 Å². The van der Waals surface area contributed by atoms with Gasteiger partial charge < -0.3 is 24.7 Å². The van der Waals surface area contributed by atoms with E-state index in [4.69, 9.17) is 19.8 Å². The van der Waals surface area contributed by atoms with E-state index in [2.05, 4.69) is 10.0 Å². The van der Waals surface area contributed by atoms with Crippen molar-refractivity contribution in [3.8, 4) is 0 Å². The summed E-state index contributed by atoms with van der Waals surface area (Å²) in [5, 5.41) is 3.90. The molecule has 0 bridgehead atoms. The molecule has 2 saturated heterocycles. The fraction of sp³-hybridized carbons (Fsp3) is 0.667. The van der Waals surface area contributed by atoms with Crippen molar-refractivity contribution in [2.45, 2.75) is 83.2 Å². The highest BCUT2D eigenvalue weighted by Crippen LogP contribution is 2.40. The van der Waals surface area contributed by atoms with E-state index < -0.39 is 35.9 Å². The third-order valence-corrected chi connectivity index (χ3v) is 7.20. The number of benzene rings is 1. The normalized spacial score (nSPS) is 25.3. The third-order valence-electron chi connectivity index (χ3n) is 7.20. The lowest BCUT2D eigenvalue weighted by atomic mass is 9.74. The molecule has 0 spiro atoms. The standard InChI is InChI=1S/C24H36BN5O5.ClH/c1-17(26)20(31)30-14-19(11-12-25-34-22(2,3)23(4,5)35-25)13-24(16-30,28-29-27)21(32)33-15-18-9-7-6-8-10-18;/h6-10,17,19H,11-16,26H2,1-5H3;1H/t17-,19-,24-;/m0./s1. The van der Waals surface area contributed by atoms with E-state index in [0.717, 1.165) is 5.56 Å². The van der Waals surface area contributed by atoms with E-state index >= 15 is 0 Å². The highest BCUT2D eigenvalue weighted by Gasteiger charge is 2.52. The summed E-state index contributed by atoms with van der Waals surface area (Å²) in [6, 6.07) is 8.50. The summed E-state index contributed by atoms with van der Waals surface area (Å²) in [6.07, 6.45) is 1.43. The Labute approximate surface area is 219 Å². The summed E-state index contributed by atoms with van der Waals surface area (Å²) in [4.78, 5) is 30.6. The van der Waals surface area contributed by atoms with Crippen molar-refractivity contribution < 1.29 is 23.6 Å². The number of hydrogen-bond donors (Lipinski definition) is 1. The van der Waals surface area contributed by atoms with E-state index in [-0.39, 0.29) is 43.8 Å². The van der Waals surface area contributed by atoms with Gasteiger partial charge in [-0.05, 0) is 64.4 Å². The molecule has 198 valence electrons. The molecule has 2 aliphatic rings. The molecule has 3 atom stereocenters. The van der Waals surface area contributed by atoms with Crippen molar-refractivity contribution in [2.75, 3.05) is 13.1 Å². The monoisotopic (exact) mass is 521 g/mol. The second-order valence-corrected chi connectivity index (χ2v) is 10.6. The number of esters is 1. The molecule has 0 saturated carbocycles. The van der Waals surface area contributed by atoms with Crippen molar-refractivity contribution in [1.29, 1.82) is 0 Å². The quantitative estimate of drug-likeness (QED) is 0.181. The van der Waals surface area contributed by atoms with E-state index in [1.165, 1.54) is 4.90 Å². The largest absolute Gasteiger partial charge is 0.460 e. The van der Waals surface area contributed by atoms with Gasteiger partial charge in [0.05, 0.1) is 17.2 Å². The molecule has 36 heavy (non-hydrogen) atoms. The van der Waals surface area contributed by atoms with Crippen LogP contribution >= 0.6 is 12.4 Å². The van der Waals surface area contributed by atoms with E-state index in [1.54, 1.807) is 6.92 Å². The van der Waals surface area contributed by atoms with Gasteiger partial charge >= 0.3 is 13.1 Å². The number of nitrogens with zero attached hydrogens (tertiary/aromatic N) is 4. The number of likely N-dealkylation sites (tertiary alicyclic amines) is 1. The molecular formula is C24H37BClN5O5. The maximum Gasteiger partial charge on any atom is 0.457 e. The van der Waals surface area contributed by atoms with Crippen LogP contribution in [0.4, 0.5) is 0 Å². The Bertz CT molecular complexity index is 957. The van der Waals surface area contributed by atoms with Gasteiger partial charge in [-0.15, -0.1) is 12.4 Å². The first-order chi connectivity index (χ1) is 16.4. The van der Waals surface area contributed by atoms with Gasteiger partial charge in [0.1, 0.15) is 6.61 Å². The fourth-order valence-corrected chi connectivity index (χ4v) is 4.61. The van der Waals surface area contributed by atoms with Gasteiger partial charge in [-0.1, -0.05) is 41.9 Å². The predicted molar refractivity (Wildman–Crippen MR) is 139 cm³/mol. The van der Waals surface area contributed by atoms with Crippen molar-refractivity contribution >= 4 is 31.4 Å². The van der Waals surface area contributed by atoms with Crippen LogP contribution in [0, 0.1) is 5.92 Å². The van der Waals surface area contributed by atoms with E-state index in [1.807, 2.05) is 58.0 Å². The van der Waals surface area contributed by atoms with Crippen LogP contribution in [-0.4, -0.2) is 59.8 Å². The molecule has 10 nitrogen and oxygen atoms in total.